The van der Waals surface area contributed by atoms with Crippen molar-refractivity contribution in [3.63, 3.8) is 0 Å². The predicted octanol–water partition coefficient (Wildman–Crippen LogP) is 2.79. The number of halogens is 1. The summed E-state index contributed by atoms with van der Waals surface area (Å²) in [4.78, 5) is 4.15. The Balaban J connectivity index is 2.12. The Morgan fingerprint density at radius 1 is 1.38 bits per heavy atom. The number of hydrogen-bond acceptors (Lipinski definition) is 4. The van der Waals surface area contributed by atoms with Crippen molar-refractivity contribution in [2.24, 2.45) is 10.9 Å². The molecule has 110 valence electrons. The first-order chi connectivity index (χ1) is 10.1. The summed E-state index contributed by atoms with van der Waals surface area (Å²) in [6.45, 7) is 2.65. The lowest BCUT2D eigenvalue weighted by atomic mass is 10.1. The summed E-state index contributed by atoms with van der Waals surface area (Å²) in [6.07, 6.45) is 1.62. The van der Waals surface area contributed by atoms with Gasteiger partial charge < -0.3 is 16.3 Å². The molecule has 4 N–H and O–H groups in total. The van der Waals surface area contributed by atoms with E-state index < -0.39 is 0 Å². The predicted molar refractivity (Wildman–Crippen MR) is 86.1 cm³/mol. The number of aromatic nitrogens is 1. The molecule has 0 amide bonds. The van der Waals surface area contributed by atoms with Crippen LogP contribution in [0.3, 0.4) is 0 Å². The van der Waals surface area contributed by atoms with Crippen LogP contribution in [0.1, 0.15) is 29.8 Å². The average Bonchev–Trinajstić information content (AvgIpc) is 2.52. The molecule has 0 spiro atoms. The summed E-state index contributed by atoms with van der Waals surface area (Å²) in [7, 11) is 0. The van der Waals surface area contributed by atoms with Gasteiger partial charge in [-0.15, -0.1) is 0 Å². The molecule has 1 aromatic carbocycles. The fourth-order valence-corrected chi connectivity index (χ4v) is 2.69. The Morgan fingerprint density at radius 2 is 2.14 bits per heavy atom. The quantitative estimate of drug-likeness (QED) is 0.335. The van der Waals surface area contributed by atoms with Gasteiger partial charge in [-0.3, -0.25) is 4.98 Å². The van der Waals surface area contributed by atoms with Gasteiger partial charge in [0.15, 0.2) is 5.84 Å². The van der Waals surface area contributed by atoms with E-state index in [2.05, 4.69) is 44.4 Å². The summed E-state index contributed by atoms with van der Waals surface area (Å²) in [5.74, 6) is 0.0148. The molecule has 0 saturated carbocycles. The smallest absolute Gasteiger partial charge is 0.189 e. The van der Waals surface area contributed by atoms with Gasteiger partial charge in [-0.25, -0.2) is 0 Å². The van der Waals surface area contributed by atoms with E-state index in [1.807, 2.05) is 30.3 Å². The summed E-state index contributed by atoms with van der Waals surface area (Å²) in [5.41, 5.74) is 8.19. The highest BCUT2D eigenvalue weighted by molar-refractivity contribution is 9.10. The molecule has 0 aliphatic heterocycles. The van der Waals surface area contributed by atoms with Crippen molar-refractivity contribution in [2.75, 3.05) is 0 Å². The number of nitrogens with zero attached hydrogens (tertiary/aromatic N) is 2. The van der Waals surface area contributed by atoms with E-state index in [-0.39, 0.29) is 11.9 Å². The Labute approximate surface area is 132 Å². The second-order valence-corrected chi connectivity index (χ2v) is 5.47. The number of pyridine rings is 1. The summed E-state index contributed by atoms with van der Waals surface area (Å²) in [5, 5.41) is 15.2. The van der Waals surface area contributed by atoms with E-state index >= 15 is 0 Å². The van der Waals surface area contributed by atoms with Crippen LogP contribution >= 0.6 is 15.9 Å². The molecule has 21 heavy (non-hydrogen) atoms. The zero-order valence-corrected chi connectivity index (χ0v) is 13.2. The minimum atomic E-state index is 0.0148. The first-order valence-corrected chi connectivity index (χ1v) is 7.32. The molecule has 0 radical (unpaired) electrons. The fourth-order valence-electron chi connectivity index (χ4n) is 2.06. The van der Waals surface area contributed by atoms with Gasteiger partial charge in [-0.05, 0) is 30.2 Å². The molecule has 1 aromatic heterocycles. The maximum absolute atomic E-state index is 8.80. The van der Waals surface area contributed by atoms with Gasteiger partial charge in [-0.1, -0.05) is 45.4 Å². The van der Waals surface area contributed by atoms with Crippen LogP contribution in [-0.2, 0) is 6.54 Å². The molecule has 0 saturated heterocycles. The van der Waals surface area contributed by atoms with Gasteiger partial charge in [-0.2, -0.15) is 0 Å². The Hall–Kier alpha value is -1.92. The lowest BCUT2D eigenvalue weighted by Crippen LogP contribution is -2.23. The molecule has 0 unspecified atom stereocenters. The van der Waals surface area contributed by atoms with Crippen LogP contribution in [-0.4, -0.2) is 16.0 Å². The maximum Gasteiger partial charge on any atom is 0.189 e. The SMILES string of the molecule is C[C@@H](NCc1cccnc1/C(N)=N/O)c1ccccc1Br. The van der Waals surface area contributed by atoms with Gasteiger partial charge >= 0.3 is 0 Å². The van der Waals surface area contributed by atoms with Crippen LogP contribution in [0, 0.1) is 0 Å². The second-order valence-electron chi connectivity index (χ2n) is 4.62. The van der Waals surface area contributed by atoms with Gasteiger partial charge in [0.25, 0.3) is 0 Å². The molecule has 2 aromatic rings. The van der Waals surface area contributed by atoms with Crippen LogP contribution in [0.25, 0.3) is 0 Å². The standard InChI is InChI=1S/C15H17BrN4O/c1-10(12-6-2-3-7-13(12)16)19-9-11-5-4-8-18-14(11)15(17)20-21/h2-8,10,19,21H,9H2,1H3,(H2,17,20)/t10-/m1/s1. The highest BCUT2D eigenvalue weighted by atomic mass is 79.9. The van der Waals surface area contributed by atoms with Crippen molar-refractivity contribution in [3.05, 3.63) is 63.9 Å². The number of rotatable bonds is 5. The zero-order valence-electron chi connectivity index (χ0n) is 11.6. The van der Waals surface area contributed by atoms with E-state index in [1.54, 1.807) is 6.20 Å². The lowest BCUT2D eigenvalue weighted by molar-refractivity contribution is 0.318. The summed E-state index contributed by atoms with van der Waals surface area (Å²) in [6, 6.07) is 12.0. The number of oxime groups is 1. The lowest BCUT2D eigenvalue weighted by Gasteiger charge is -2.16. The molecule has 6 heteroatoms. The zero-order chi connectivity index (χ0) is 15.2. The van der Waals surface area contributed by atoms with Crippen molar-refractivity contribution >= 4 is 21.8 Å². The first-order valence-electron chi connectivity index (χ1n) is 6.53. The molecular weight excluding hydrogens is 332 g/mol. The van der Waals surface area contributed by atoms with Crippen molar-refractivity contribution in [3.8, 4) is 0 Å². The van der Waals surface area contributed by atoms with E-state index in [9.17, 15) is 0 Å². The highest BCUT2D eigenvalue weighted by Gasteiger charge is 2.11. The molecule has 0 aliphatic carbocycles. The number of nitrogens with two attached hydrogens (primary N) is 1. The second kappa shape index (κ2) is 7.19. The Kier molecular flexibility index (Phi) is 5.30. The third-order valence-corrected chi connectivity index (χ3v) is 3.93. The Bertz CT molecular complexity index is 645. The van der Waals surface area contributed by atoms with E-state index in [0.717, 1.165) is 10.0 Å². The molecule has 2 rings (SSSR count). The van der Waals surface area contributed by atoms with Gasteiger partial charge in [0, 0.05) is 23.3 Å². The summed E-state index contributed by atoms with van der Waals surface area (Å²) < 4.78 is 1.06. The van der Waals surface area contributed by atoms with Crippen LogP contribution in [0.4, 0.5) is 0 Å². The molecule has 0 bridgehead atoms. The molecule has 0 fully saturated rings. The molecule has 1 atom stereocenters. The van der Waals surface area contributed by atoms with Crippen LogP contribution < -0.4 is 11.1 Å². The van der Waals surface area contributed by atoms with Crippen molar-refractivity contribution < 1.29 is 5.21 Å². The molecule has 1 heterocycles. The van der Waals surface area contributed by atoms with E-state index in [1.165, 1.54) is 5.56 Å². The van der Waals surface area contributed by atoms with Crippen molar-refractivity contribution in [1.82, 2.24) is 10.3 Å². The minimum Gasteiger partial charge on any atom is -0.409 e. The third kappa shape index (κ3) is 3.80. The van der Waals surface area contributed by atoms with Crippen molar-refractivity contribution in [2.45, 2.75) is 19.5 Å². The molecule has 0 aliphatic rings. The average molecular weight is 349 g/mol. The van der Waals surface area contributed by atoms with E-state index in [4.69, 9.17) is 10.9 Å². The monoisotopic (exact) mass is 348 g/mol. The third-order valence-electron chi connectivity index (χ3n) is 3.21. The summed E-state index contributed by atoms with van der Waals surface area (Å²) >= 11 is 3.55. The van der Waals surface area contributed by atoms with Crippen LogP contribution in [0.15, 0.2) is 52.2 Å². The molecular formula is C15H17BrN4O. The highest BCUT2D eigenvalue weighted by Crippen LogP contribution is 2.23. The van der Waals surface area contributed by atoms with Gasteiger partial charge in [0.05, 0.1) is 0 Å². The van der Waals surface area contributed by atoms with Crippen molar-refractivity contribution in [1.29, 1.82) is 0 Å². The largest absolute Gasteiger partial charge is 0.409 e. The number of benzene rings is 1. The maximum atomic E-state index is 8.80. The normalized spacial score (nSPS) is 13.1. The number of hydrogen-bond donors (Lipinski definition) is 3. The first kappa shape index (κ1) is 15.5. The van der Waals surface area contributed by atoms with Gasteiger partial charge in [0.2, 0.25) is 0 Å². The molecule has 5 nitrogen and oxygen atoms in total. The topological polar surface area (TPSA) is 83.5 Å². The van der Waals surface area contributed by atoms with E-state index in [0.29, 0.717) is 12.2 Å². The number of amidine groups is 1. The number of nitrogens with one attached hydrogen (secondary N) is 1. The van der Waals surface area contributed by atoms with Crippen LogP contribution in [0.5, 0.6) is 0 Å². The minimum absolute atomic E-state index is 0.0148. The van der Waals surface area contributed by atoms with Gasteiger partial charge in [0.1, 0.15) is 5.69 Å². The fraction of sp³-hybridized carbons (Fsp3) is 0.200. The van der Waals surface area contributed by atoms with Crippen LogP contribution in [0.2, 0.25) is 0 Å². The Morgan fingerprint density at radius 3 is 2.86 bits per heavy atom.